The maximum absolute atomic E-state index is 14.8. The highest BCUT2D eigenvalue weighted by Crippen LogP contribution is 2.48. The van der Waals surface area contributed by atoms with Crippen LogP contribution in [0, 0.1) is 0 Å². The normalized spacial score (nSPS) is 15.1. The molecule has 0 spiro atoms. The van der Waals surface area contributed by atoms with Crippen molar-refractivity contribution < 1.29 is 27.5 Å². The van der Waals surface area contributed by atoms with Crippen molar-refractivity contribution in [2.45, 2.75) is 246 Å². The maximum Gasteiger partial charge on any atom is 0.324 e. The second-order valence-corrected chi connectivity index (χ2v) is 23.8. The quantitative estimate of drug-likeness (QED) is 0.0826. The first-order valence-electron chi connectivity index (χ1n) is 24.7. The van der Waals surface area contributed by atoms with Crippen molar-refractivity contribution in [3.8, 4) is 0 Å². The van der Waals surface area contributed by atoms with Gasteiger partial charge in [0.05, 0.1) is 19.6 Å². The number of fused-ring (bicyclic) bond motifs is 3. The second-order valence-electron chi connectivity index (χ2n) is 22.5. The third kappa shape index (κ3) is 14.6. The number of carbonyl (C=O) groups excluding carboxylic acids is 2. The summed E-state index contributed by atoms with van der Waals surface area (Å²) in [5.74, 6) is -0.764. The Kier molecular flexibility index (Phi) is 19.2. The fourth-order valence-electron chi connectivity index (χ4n) is 8.67. The first-order valence-corrected chi connectivity index (χ1v) is 25.9. The molecule has 0 N–H and O–H groups in total. The van der Waals surface area contributed by atoms with Gasteiger partial charge in [0, 0.05) is 27.9 Å². The van der Waals surface area contributed by atoms with E-state index in [0.29, 0.717) is 13.2 Å². The van der Waals surface area contributed by atoms with E-state index in [4.69, 9.17) is 17.9 Å². The van der Waals surface area contributed by atoms with Crippen molar-refractivity contribution in [2.24, 2.45) is 0 Å². The number of nitrogens with zero attached hydrogens (tertiary/aromatic N) is 1. The van der Waals surface area contributed by atoms with Crippen LogP contribution in [0.25, 0.3) is 21.9 Å². The van der Waals surface area contributed by atoms with E-state index in [1.54, 1.807) is 0 Å². The van der Waals surface area contributed by atoms with Crippen LogP contribution in [0.2, 0.25) is 0 Å². The highest BCUT2D eigenvalue weighted by atomic mass is 31.1. The first-order chi connectivity index (χ1) is 29.1. The van der Waals surface area contributed by atoms with E-state index in [0.717, 1.165) is 104 Å². The summed E-state index contributed by atoms with van der Waals surface area (Å²) in [5.41, 5.74) is 5.44. The van der Waals surface area contributed by atoms with Gasteiger partial charge in [-0.1, -0.05) is 193 Å². The average molecular weight is 878 g/mol. The zero-order valence-electron chi connectivity index (χ0n) is 42.0. The minimum Gasteiger partial charge on any atom is -0.466 e. The molecule has 1 unspecified atom stereocenters. The Morgan fingerprint density at radius 3 is 1.44 bits per heavy atom. The highest BCUT2D eigenvalue weighted by molar-refractivity contribution is 7.39. The van der Waals surface area contributed by atoms with E-state index in [-0.39, 0.29) is 40.1 Å². The predicted octanol–water partition coefficient (Wildman–Crippen LogP) is 16.3. The molecule has 0 bridgehead atoms. The van der Waals surface area contributed by atoms with Crippen LogP contribution in [-0.2, 0) is 40.7 Å². The Morgan fingerprint density at radius 2 is 1.02 bits per heavy atom. The monoisotopic (exact) mass is 878 g/mol. The van der Waals surface area contributed by atoms with Crippen LogP contribution in [-0.4, -0.2) is 37.2 Å². The third-order valence-corrected chi connectivity index (χ3v) is 14.4. The predicted molar refractivity (Wildman–Crippen MR) is 263 cm³/mol. The average Bonchev–Trinajstić information content (AvgIpc) is 3.34. The van der Waals surface area contributed by atoms with Crippen LogP contribution in [0.4, 0.5) is 0 Å². The molecule has 7 nitrogen and oxygen atoms in total. The molecule has 1 aliphatic carbocycles. The van der Waals surface area contributed by atoms with Crippen molar-refractivity contribution in [2.75, 3.05) is 17.9 Å². The Hall–Kier alpha value is -2.76. The van der Waals surface area contributed by atoms with Crippen molar-refractivity contribution in [1.29, 1.82) is 0 Å². The lowest BCUT2D eigenvalue weighted by molar-refractivity contribution is -0.152. The molecule has 1 atom stereocenters. The fraction of sp³-hybridized carbons (Fsp3) is 0.741. The van der Waals surface area contributed by atoms with Crippen LogP contribution in [0.1, 0.15) is 235 Å². The molecule has 8 heteroatoms. The molecule has 0 radical (unpaired) electrons. The molecule has 1 saturated carbocycles. The van der Waals surface area contributed by atoms with Crippen molar-refractivity contribution >= 4 is 42.0 Å². The summed E-state index contributed by atoms with van der Waals surface area (Å²) in [6.07, 6.45) is 18.0. The fourth-order valence-corrected chi connectivity index (χ4v) is 10.5. The molecule has 2 aromatic carbocycles. The standard InChI is InChI=1S/C54H88NO6P/c1-15-17-19-21-23-28-32-58-47(56)38-46(50(57)59-33-29-24-22-20-18-16-2)55(41-30-26-25-27-31-41)62-60-48-42(34-39(51(3,4)5)36-44(48)53(9,10)11)43-35-40(52(6,7)8)37-45(49(43)61-62)54(12,13)14/h34-37,41,46H,15-33,38H2,1-14H3. The van der Waals surface area contributed by atoms with Gasteiger partial charge in [-0.25, -0.2) is 0 Å². The molecular weight excluding hydrogens is 790 g/mol. The van der Waals surface area contributed by atoms with Crippen LogP contribution in [0.5, 0.6) is 0 Å². The van der Waals surface area contributed by atoms with E-state index < -0.39 is 20.2 Å². The molecule has 1 aromatic heterocycles. The van der Waals surface area contributed by atoms with Crippen LogP contribution >= 0.6 is 8.16 Å². The molecule has 0 aliphatic heterocycles. The number of unbranched alkanes of at least 4 members (excludes halogenated alkanes) is 10. The third-order valence-electron chi connectivity index (χ3n) is 12.7. The molecule has 0 saturated heterocycles. The van der Waals surface area contributed by atoms with Gasteiger partial charge in [0.1, 0.15) is 17.2 Å². The van der Waals surface area contributed by atoms with Crippen LogP contribution in [0.15, 0.2) is 32.7 Å². The van der Waals surface area contributed by atoms with Gasteiger partial charge in [0.15, 0.2) is 0 Å². The minimum absolute atomic E-state index is 0.0447. The van der Waals surface area contributed by atoms with Crippen molar-refractivity contribution in [3.63, 3.8) is 0 Å². The van der Waals surface area contributed by atoms with Gasteiger partial charge in [0.25, 0.3) is 0 Å². The number of esters is 2. The van der Waals surface area contributed by atoms with Gasteiger partial charge in [0.2, 0.25) is 0 Å². The highest BCUT2D eigenvalue weighted by Gasteiger charge is 2.40. The number of rotatable bonds is 20. The SMILES string of the molecule is CCCCCCCCOC(=O)CC(C(=O)OCCCCCCCC)N(C1CCCCC1)p1oc2c(C(C)(C)C)cc(C(C)(C)C)cc2c2cc(C(C)(C)C)cc(C(C)(C)C)c2o1. The Labute approximate surface area is 378 Å². The molecule has 350 valence electrons. The lowest BCUT2D eigenvalue weighted by Crippen LogP contribution is -2.48. The second kappa shape index (κ2) is 22.9. The summed E-state index contributed by atoms with van der Waals surface area (Å²) in [6.45, 7) is 32.2. The smallest absolute Gasteiger partial charge is 0.324 e. The first kappa shape index (κ1) is 51.9. The molecular formula is C54H88NO6P. The molecule has 1 heterocycles. The van der Waals surface area contributed by atoms with Gasteiger partial charge in [-0.2, -0.15) is 4.67 Å². The topological polar surface area (TPSA) is 82.1 Å². The number of carbonyl (C=O) groups is 2. The lowest BCUT2D eigenvalue weighted by Gasteiger charge is -2.35. The van der Waals surface area contributed by atoms with Gasteiger partial charge in [-0.15, -0.1) is 0 Å². The lowest BCUT2D eigenvalue weighted by atomic mass is 9.77. The zero-order chi connectivity index (χ0) is 45.9. The van der Waals surface area contributed by atoms with E-state index in [1.807, 2.05) is 0 Å². The van der Waals surface area contributed by atoms with E-state index in [2.05, 4.69) is 126 Å². The number of hydrogen-bond acceptors (Lipinski definition) is 7. The summed E-state index contributed by atoms with van der Waals surface area (Å²) >= 11 is 0. The zero-order valence-corrected chi connectivity index (χ0v) is 42.8. The van der Waals surface area contributed by atoms with Gasteiger partial charge in [-0.3, -0.25) is 9.59 Å². The van der Waals surface area contributed by atoms with Crippen LogP contribution in [0.3, 0.4) is 0 Å². The van der Waals surface area contributed by atoms with E-state index in [1.165, 1.54) is 49.7 Å². The van der Waals surface area contributed by atoms with Crippen LogP contribution < -0.4 is 4.67 Å². The molecule has 4 rings (SSSR count). The largest absolute Gasteiger partial charge is 0.466 e. The summed E-state index contributed by atoms with van der Waals surface area (Å²) in [4.78, 5) is 28.8. The summed E-state index contributed by atoms with van der Waals surface area (Å²) in [7, 11) is -1.99. The number of ether oxygens (including phenoxy) is 2. The Bertz CT molecular complexity index is 1830. The number of hydrogen-bond donors (Lipinski definition) is 0. The Morgan fingerprint density at radius 1 is 0.597 bits per heavy atom. The molecule has 1 fully saturated rings. The number of benzene rings is 2. The van der Waals surface area contributed by atoms with Gasteiger partial charge >= 0.3 is 20.1 Å². The summed E-state index contributed by atoms with van der Waals surface area (Å²) < 4.78 is 29.3. The molecule has 0 amide bonds. The molecule has 3 aromatic rings. The Balaban J connectivity index is 2.04. The summed E-state index contributed by atoms with van der Waals surface area (Å²) in [6, 6.07) is 8.32. The van der Waals surface area contributed by atoms with E-state index in [9.17, 15) is 9.59 Å². The van der Waals surface area contributed by atoms with Gasteiger partial charge in [-0.05, 0) is 70.6 Å². The summed E-state index contributed by atoms with van der Waals surface area (Å²) in [5, 5.41) is 2.03. The van der Waals surface area contributed by atoms with Gasteiger partial charge < -0.3 is 17.9 Å². The minimum atomic E-state index is -1.99. The van der Waals surface area contributed by atoms with E-state index >= 15 is 0 Å². The molecule has 62 heavy (non-hydrogen) atoms. The maximum atomic E-state index is 14.8. The van der Waals surface area contributed by atoms with Crippen molar-refractivity contribution in [3.05, 3.63) is 46.5 Å². The van der Waals surface area contributed by atoms with Crippen molar-refractivity contribution in [1.82, 2.24) is 0 Å². The molecule has 1 aliphatic rings.